The maximum Gasteiger partial charge on any atom is 0.227 e. The number of aromatic nitrogens is 3. The van der Waals surface area contributed by atoms with Gasteiger partial charge in [0.2, 0.25) is 5.91 Å². The summed E-state index contributed by atoms with van der Waals surface area (Å²) in [4.78, 5) is 16.3. The van der Waals surface area contributed by atoms with Crippen molar-refractivity contribution in [3.8, 4) is 11.4 Å². The summed E-state index contributed by atoms with van der Waals surface area (Å²) in [5.41, 5.74) is 1.79. The molecule has 1 heterocycles. The van der Waals surface area contributed by atoms with E-state index in [-0.39, 0.29) is 12.3 Å². The number of H-pyrrole nitrogens is 1. The minimum absolute atomic E-state index is 0.138. The van der Waals surface area contributed by atoms with Crippen molar-refractivity contribution in [3.63, 3.8) is 0 Å². The number of aromatic amines is 1. The van der Waals surface area contributed by atoms with Crippen LogP contribution in [0.15, 0.2) is 54.6 Å². The van der Waals surface area contributed by atoms with Crippen LogP contribution in [0, 0.1) is 0 Å². The molecule has 0 fully saturated rings. The fraction of sp³-hybridized carbons (Fsp3) is 0.118. The molecule has 23 heavy (non-hydrogen) atoms. The van der Waals surface area contributed by atoms with Crippen molar-refractivity contribution in [2.45, 2.75) is 13.0 Å². The molecule has 3 aromatic rings. The lowest BCUT2D eigenvalue weighted by atomic mass is 10.2. The Morgan fingerprint density at radius 3 is 2.61 bits per heavy atom. The molecule has 2 aromatic carbocycles. The quantitative estimate of drug-likeness (QED) is 0.757. The van der Waals surface area contributed by atoms with Gasteiger partial charge >= 0.3 is 0 Å². The number of benzene rings is 2. The number of carbonyl (C=O) groups excluding carboxylic acids is 1. The van der Waals surface area contributed by atoms with E-state index in [2.05, 4.69) is 20.5 Å². The van der Waals surface area contributed by atoms with E-state index in [4.69, 9.17) is 11.6 Å². The molecule has 0 atom stereocenters. The van der Waals surface area contributed by atoms with Crippen LogP contribution >= 0.6 is 11.6 Å². The zero-order chi connectivity index (χ0) is 16.1. The standard InChI is InChI=1S/C17H15ClN4O/c18-14-9-5-4-8-13(14)11-19-16(23)10-15-20-17(22-21-15)12-6-2-1-3-7-12/h1-9H,10-11H2,(H,19,23)(H,20,21,22). The predicted molar refractivity (Wildman–Crippen MR) is 88.8 cm³/mol. The van der Waals surface area contributed by atoms with Gasteiger partial charge in [0.1, 0.15) is 5.82 Å². The Morgan fingerprint density at radius 2 is 1.83 bits per heavy atom. The summed E-state index contributed by atoms with van der Waals surface area (Å²) in [6.45, 7) is 0.387. The van der Waals surface area contributed by atoms with Crippen LogP contribution in [0.2, 0.25) is 5.02 Å². The number of rotatable bonds is 5. The lowest BCUT2D eigenvalue weighted by Gasteiger charge is -2.05. The summed E-state index contributed by atoms with van der Waals surface area (Å²) in [5.74, 6) is 0.973. The van der Waals surface area contributed by atoms with Crippen LogP contribution in [-0.4, -0.2) is 21.1 Å². The number of hydrogen-bond donors (Lipinski definition) is 2. The van der Waals surface area contributed by atoms with Gasteiger partial charge in [-0.15, -0.1) is 0 Å². The SMILES string of the molecule is O=C(Cc1nc(-c2ccccc2)n[nH]1)NCc1ccccc1Cl. The van der Waals surface area contributed by atoms with Crippen molar-refractivity contribution in [2.75, 3.05) is 0 Å². The van der Waals surface area contributed by atoms with Gasteiger partial charge in [-0.25, -0.2) is 4.98 Å². The smallest absolute Gasteiger partial charge is 0.227 e. The molecule has 2 N–H and O–H groups in total. The number of halogens is 1. The normalized spacial score (nSPS) is 10.5. The van der Waals surface area contributed by atoms with Crippen molar-refractivity contribution < 1.29 is 4.79 Å². The molecule has 0 aliphatic heterocycles. The fourth-order valence-electron chi connectivity index (χ4n) is 2.14. The number of carbonyl (C=O) groups is 1. The summed E-state index contributed by atoms with van der Waals surface area (Å²) in [5, 5.41) is 10.4. The second-order valence-electron chi connectivity index (χ2n) is 5.02. The van der Waals surface area contributed by atoms with Crippen LogP contribution in [-0.2, 0) is 17.8 Å². The van der Waals surface area contributed by atoms with E-state index in [0.717, 1.165) is 11.1 Å². The molecule has 0 saturated heterocycles. The molecule has 5 nitrogen and oxygen atoms in total. The molecule has 0 spiro atoms. The van der Waals surface area contributed by atoms with Crippen molar-refractivity contribution in [1.82, 2.24) is 20.5 Å². The van der Waals surface area contributed by atoms with E-state index in [1.807, 2.05) is 48.5 Å². The average molecular weight is 327 g/mol. The first-order valence-electron chi connectivity index (χ1n) is 7.19. The summed E-state index contributed by atoms with van der Waals surface area (Å²) in [6, 6.07) is 17.0. The minimum atomic E-state index is -0.138. The highest BCUT2D eigenvalue weighted by Crippen LogP contribution is 2.15. The first kappa shape index (κ1) is 15.2. The van der Waals surface area contributed by atoms with Gasteiger partial charge < -0.3 is 5.32 Å². The molecule has 1 amide bonds. The molecule has 0 saturated carbocycles. The maximum absolute atomic E-state index is 12.0. The van der Waals surface area contributed by atoms with E-state index >= 15 is 0 Å². The third-order valence-electron chi connectivity index (χ3n) is 3.33. The van der Waals surface area contributed by atoms with Gasteiger partial charge in [0.25, 0.3) is 0 Å². The molecule has 0 bridgehead atoms. The molecule has 1 aromatic heterocycles. The number of amides is 1. The lowest BCUT2D eigenvalue weighted by molar-refractivity contribution is -0.120. The molecule has 0 radical (unpaired) electrons. The first-order chi connectivity index (χ1) is 11.2. The Hall–Kier alpha value is -2.66. The maximum atomic E-state index is 12.0. The topological polar surface area (TPSA) is 70.7 Å². The van der Waals surface area contributed by atoms with E-state index in [9.17, 15) is 4.79 Å². The zero-order valence-corrected chi connectivity index (χ0v) is 13.0. The van der Waals surface area contributed by atoms with Gasteiger partial charge in [-0.05, 0) is 11.6 Å². The van der Waals surface area contributed by atoms with E-state index in [1.54, 1.807) is 6.07 Å². The van der Waals surface area contributed by atoms with Gasteiger partial charge in [-0.2, -0.15) is 5.10 Å². The average Bonchev–Trinajstić information content (AvgIpc) is 3.03. The molecule has 0 unspecified atom stereocenters. The van der Waals surface area contributed by atoms with Crippen molar-refractivity contribution in [2.24, 2.45) is 0 Å². The summed E-state index contributed by atoms with van der Waals surface area (Å²) in [6.07, 6.45) is 0.143. The highest BCUT2D eigenvalue weighted by molar-refractivity contribution is 6.31. The van der Waals surface area contributed by atoms with Crippen LogP contribution in [0.3, 0.4) is 0 Å². The van der Waals surface area contributed by atoms with Crippen molar-refractivity contribution in [3.05, 3.63) is 71.0 Å². The Kier molecular flexibility index (Phi) is 4.68. The van der Waals surface area contributed by atoms with Crippen molar-refractivity contribution in [1.29, 1.82) is 0 Å². The van der Waals surface area contributed by atoms with Crippen LogP contribution < -0.4 is 5.32 Å². The van der Waals surface area contributed by atoms with Gasteiger partial charge in [0.15, 0.2) is 5.82 Å². The molecule has 0 aliphatic carbocycles. The second-order valence-corrected chi connectivity index (χ2v) is 5.42. The molecular weight excluding hydrogens is 312 g/mol. The van der Waals surface area contributed by atoms with Crippen LogP contribution in [0.25, 0.3) is 11.4 Å². The number of hydrogen-bond acceptors (Lipinski definition) is 3. The Bertz CT molecular complexity index is 801. The highest BCUT2D eigenvalue weighted by atomic mass is 35.5. The summed E-state index contributed by atoms with van der Waals surface area (Å²) >= 11 is 6.06. The predicted octanol–water partition coefficient (Wildman–Crippen LogP) is 2.98. The van der Waals surface area contributed by atoms with Crippen LogP contribution in [0.1, 0.15) is 11.4 Å². The Morgan fingerprint density at radius 1 is 1.09 bits per heavy atom. The highest BCUT2D eigenvalue weighted by Gasteiger charge is 2.10. The second kappa shape index (κ2) is 7.07. The largest absolute Gasteiger partial charge is 0.352 e. The molecular formula is C17H15ClN4O. The zero-order valence-electron chi connectivity index (χ0n) is 12.3. The fourth-order valence-corrected chi connectivity index (χ4v) is 2.34. The van der Waals surface area contributed by atoms with E-state index in [1.165, 1.54) is 0 Å². The van der Waals surface area contributed by atoms with Crippen LogP contribution in [0.4, 0.5) is 0 Å². The molecule has 3 rings (SSSR count). The number of nitrogens with one attached hydrogen (secondary N) is 2. The summed E-state index contributed by atoms with van der Waals surface area (Å²) in [7, 11) is 0. The van der Waals surface area contributed by atoms with Gasteiger partial charge in [-0.3, -0.25) is 9.89 Å². The van der Waals surface area contributed by atoms with Crippen molar-refractivity contribution >= 4 is 17.5 Å². The minimum Gasteiger partial charge on any atom is -0.352 e. The molecule has 0 aliphatic rings. The first-order valence-corrected chi connectivity index (χ1v) is 7.57. The van der Waals surface area contributed by atoms with E-state index < -0.39 is 0 Å². The Labute approximate surface area is 138 Å². The molecule has 116 valence electrons. The summed E-state index contributed by atoms with van der Waals surface area (Å²) < 4.78 is 0. The third-order valence-corrected chi connectivity index (χ3v) is 3.69. The van der Waals surface area contributed by atoms with Gasteiger partial charge in [0, 0.05) is 17.1 Å². The lowest BCUT2D eigenvalue weighted by Crippen LogP contribution is -2.25. The monoisotopic (exact) mass is 326 g/mol. The van der Waals surface area contributed by atoms with Gasteiger partial charge in [-0.1, -0.05) is 60.1 Å². The van der Waals surface area contributed by atoms with Crippen LogP contribution in [0.5, 0.6) is 0 Å². The van der Waals surface area contributed by atoms with E-state index in [0.29, 0.717) is 23.2 Å². The number of nitrogens with zero attached hydrogens (tertiary/aromatic N) is 2. The van der Waals surface area contributed by atoms with Gasteiger partial charge in [0.05, 0.1) is 6.42 Å². The Balaban J connectivity index is 1.58. The third kappa shape index (κ3) is 3.96. The molecule has 6 heteroatoms.